The molecule has 4 nitrogen and oxygen atoms in total. The lowest BCUT2D eigenvalue weighted by Gasteiger charge is -2.21. The number of carbonyl (C=O) groups excluding carboxylic acids is 2. The van der Waals surface area contributed by atoms with E-state index in [4.69, 9.17) is 4.74 Å². The summed E-state index contributed by atoms with van der Waals surface area (Å²) in [5.74, 6) is -1.22. The Labute approximate surface area is 104 Å². The number of halogens is 1. The van der Waals surface area contributed by atoms with Gasteiger partial charge in [0, 0.05) is 12.3 Å². The predicted octanol–water partition coefficient (Wildman–Crippen LogP) is 1.43. The Kier molecular flexibility index (Phi) is 3.60. The zero-order valence-electron chi connectivity index (χ0n) is 10.0. The van der Waals surface area contributed by atoms with Crippen molar-refractivity contribution in [3.63, 3.8) is 0 Å². The predicted molar refractivity (Wildman–Crippen MR) is 62.5 cm³/mol. The molecule has 1 fully saturated rings. The first-order chi connectivity index (χ1) is 8.61. The number of amides is 2. The molecule has 96 valence electrons. The Morgan fingerprint density at radius 3 is 2.89 bits per heavy atom. The molecule has 0 aromatic heterocycles. The SMILES string of the molecule is COc1cccc(CC2CCC(=O)NC2=O)c1F. The van der Waals surface area contributed by atoms with Crippen LogP contribution in [0.15, 0.2) is 18.2 Å². The number of piperidine rings is 1. The zero-order valence-corrected chi connectivity index (χ0v) is 10.0. The molecule has 1 heterocycles. The summed E-state index contributed by atoms with van der Waals surface area (Å²) in [6.45, 7) is 0. The van der Waals surface area contributed by atoms with Gasteiger partial charge in [0.2, 0.25) is 11.8 Å². The fraction of sp³-hybridized carbons (Fsp3) is 0.385. The van der Waals surface area contributed by atoms with Gasteiger partial charge in [0.1, 0.15) is 0 Å². The molecular formula is C13H14FNO3. The van der Waals surface area contributed by atoms with Gasteiger partial charge in [-0.1, -0.05) is 12.1 Å². The molecule has 18 heavy (non-hydrogen) atoms. The summed E-state index contributed by atoms with van der Waals surface area (Å²) in [6, 6.07) is 4.84. The van der Waals surface area contributed by atoms with Crippen LogP contribution in [0.1, 0.15) is 18.4 Å². The van der Waals surface area contributed by atoms with Gasteiger partial charge in [-0.15, -0.1) is 0 Å². The molecule has 5 heteroatoms. The molecule has 1 saturated heterocycles. The fourth-order valence-corrected chi connectivity index (χ4v) is 2.07. The molecule has 0 radical (unpaired) electrons. The van der Waals surface area contributed by atoms with Crippen LogP contribution in [0.25, 0.3) is 0 Å². The lowest BCUT2D eigenvalue weighted by atomic mass is 9.91. The molecule has 1 aromatic rings. The van der Waals surface area contributed by atoms with E-state index in [2.05, 4.69) is 5.32 Å². The van der Waals surface area contributed by atoms with Crippen LogP contribution in [0.5, 0.6) is 5.75 Å². The minimum absolute atomic E-state index is 0.166. The van der Waals surface area contributed by atoms with Gasteiger partial charge in [0.25, 0.3) is 0 Å². The molecule has 1 aliphatic rings. The Morgan fingerprint density at radius 2 is 2.22 bits per heavy atom. The number of hydrogen-bond acceptors (Lipinski definition) is 3. The second kappa shape index (κ2) is 5.16. The molecule has 0 spiro atoms. The first kappa shape index (κ1) is 12.5. The number of ether oxygens (including phenoxy) is 1. The van der Waals surface area contributed by atoms with Crippen molar-refractivity contribution >= 4 is 11.8 Å². The zero-order chi connectivity index (χ0) is 13.1. The highest BCUT2D eigenvalue weighted by Crippen LogP contribution is 2.24. The molecule has 1 aliphatic heterocycles. The maximum Gasteiger partial charge on any atom is 0.230 e. The van der Waals surface area contributed by atoms with Gasteiger partial charge in [0.15, 0.2) is 11.6 Å². The van der Waals surface area contributed by atoms with Crippen molar-refractivity contribution in [3.8, 4) is 5.75 Å². The number of nitrogens with one attached hydrogen (secondary N) is 1. The first-order valence-corrected chi connectivity index (χ1v) is 5.77. The highest BCUT2D eigenvalue weighted by atomic mass is 19.1. The van der Waals surface area contributed by atoms with E-state index in [1.807, 2.05) is 0 Å². The van der Waals surface area contributed by atoms with Gasteiger partial charge in [0.05, 0.1) is 7.11 Å². The monoisotopic (exact) mass is 251 g/mol. The van der Waals surface area contributed by atoms with Gasteiger partial charge in [-0.25, -0.2) is 4.39 Å². The summed E-state index contributed by atoms with van der Waals surface area (Å²) in [5.41, 5.74) is 0.434. The summed E-state index contributed by atoms with van der Waals surface area (Å²) >= 11 is 0. The minimum Gasteiger partial charge on any atom is -0.494 e. The quantitative estimate of drug-likeness (QED) is 0.827. The number of benzene rings is 1. The number of carbonyl (C=O) groups is 2. The third-order valence-corrected chi connectivity index (χ3v) is 3.08. The second-order valence-electron chi connectivity index (χ2n) is 4.29. The first-order valence-electron chi connectivity index (χ1n) is 5.77. The van der Waals surface area contributed by atoms with Crippen molar-refractivity contribution < 1.29 is 18.7 Å². The molecule has 0 bridgehead atoms. The average Bonchev–Trinajstić information content (AvgIpc) is 2.35. The van der Waals surface area contributed by atoms with E-state index in [0.717, 1.165) is 0 Å². The van der Waals surface area contributed by atoms with Crippen LogP contribution in [-0.2, 0) is 16.0 Å². The van der Waals surface area contributed by atoms with Crippen LogP contribution < -0.4 is 10.1 Å². The van der Waals surface area contributed by atoms with E-state index < -0.39 is 5.82 Å². The highest BCUT2D eigenvalue weighted by molar-refractivity contribution is 5.98. The standard InChI is InChI=1S/C13H14FNO3/c1-18-10-4-2-3-8(12(10)14)7-9-5-6-11(16)15-13(9)17/h2-4,9H,5-7H2,1H3,(H,15,16,17). The molecule has 0 saturated carbocycles. The molecule has 2 rings (SSSR count). The van der Waals surface area contributed by atoms with E-state index >= 15 is 0 Å². The number of rotatable bonds is 3. The van der Waals surface area contributed by atoms with Crippen LogP contribution in [0.4, 0.5) is 4.39 Å². The van der Waals surface area contributed by atoms with Crippen molar-refractivity contribution in [1.29, 1.82) is 0 Å². The van der Waals surface area contributed by atoms with Crippen LogP contribution in [0.2, 0.25) is 0 Å². The number of methoxy groups -OCH3 is 1. The third kappa shape index (κ3) is 2.50. The summed E-state index contributed by atoms with van der Waals surface area (Å²) in [6.07, 6.45) is 1.05. The summed E-state index contributed by atoms with van der Waals surface area (Å²) in [5, 5.41) is 2.27. The molecular weight excluding hydrogens is 237 g/mol. The Balaban J connectivity index is 2.14. The van der Waals surface area contributed by atoms with E-state index in [1.54, 1.807) is 12.1 Å². The van der Waals surface area contributed by atoms with Crippen molar-refractivity contribution in [2.75, 3.05) is 7.11 Å². The Hall–Kier alpha value is -1.91. The molecule has 1 N–H and O–H groups in total. The van der Waals surface area contributed by atoms with Gasteiger partial charge >= 0.3 is 0 Å². The van der Waals surface area contributed by atoms with Crippen molar-refractivity contribution in [3.05, 3.63) is 29.6 Å². The van der Waals surface area contributed by atoms with E-state index in [9.17, 15) is 14.0 Å². The smallest absolute Gasteiger partial charge is 0.230 e. The van der Waals surface area contributed by atoms with E-state index in [-0.39, 0.29) is 29.9 Å². The largest absolute Gasteiger partial charge is 0.494 e. The van der Waals surface area contributed by atoms with Gasteiger partial charge in [-0.2, -0.15) is 0 Å². The van der Waals surface area contributed by atoms with Crippen molar-refractivity contribution in [2.24, 2.45) is 5.92 Å². The van der Waals surface area contributed by atoms with Crippen LogP contribution in [0, 0.1) is 11.7 Å². The number of imide groups is 1. The van der Waals surface area contributed by atoms with Crippen LogP contribution in [-0.4, -0.2) is 18.9 Å². The van der Waals surface area contributed by atoms with Crippen LogP contribution >= 0.6 is 0 Å². The third-order valence-electron chi connectivity index (χ3n) is 3.08. The molecule has 2 amide bonds. The van der Waals surface area contributed by atoms with Gasteiger partial charge in [-0.05, 0) is 24.5 Å². The molecule has 1 unspecified atom stereocenters. The maximum atomic E-state index is 13.9. The van der Waals surface area contributed by atoms with Gasteiger partial charge < -0.3 is 4.74 Å². The average molecular weight is 251 g/mol. The lowest BCUT2D eigenvalue weighted by molar-refractivity contribution is -0.136. The summed E-state index contributed by atoms with van der Waals surface area (Å²) in [7, 11) is 1.40. The lowest BCUT2D eigenvalue weighted by Crippen LogP contribution is -2.41. The topological polar surface area (TPSA) is 55.4 Å². The highest BCUT2D eigenvalue weighted by Gasteiger charge is 2.27. The maximum absolute atomic E-state index is 13.9. The Morgan fingerprint density at radius 1 is 1.44 bits per heavy atom. The van der Waals surface area contributed by atoms with Crippen molar-refractivity contribution in [1.82, 2.24) is 5.32 Å². The molecule has 0 aliphatic carbocycles. The normalized spacial score (nSPS) is 19.6. The number of hydrogen-bond donors (Lipinski definition) is 1. The molecule has 1 atom stereocenters. The van der Waals surface area contributed by atoms with E-state index in [1.165, 1.54) is 13.2 Å². The summed E-state index contributed by atoms with van der Waals surface area (Å²) in [4.78, 5) is 22.6. The molecule has 1 aromatic carbocycles. The fourth-order valence-electron chi connectivity index (χ4n) is 2.07. The van der Waals surface area contributed by atoms with Crippen molar-refractivity contribution in [2.45, 2.75) is 19.3 Å². The van der Waals surface area contributed by atoms with E-state index in [0.29, 0.717) is 18.4 Å². The summed E-state index contributed by atoms with van der Waals surface area (Å²) < 4.78 is 18.8. The minimum atomic E-state index is -0.440. The second-order valence-corrected chi connectivity index (χ2v) is 4.29. The van der Waals surface area contributed by atoms with Gasteiger partial charge in [-0.3, -0.25) is 14.9 Å². The Bertz CT molecular complexity index is 487. The van der Waals surface area contributed by atoms with Crippen LogP contribution in [0.3, 0.4) is 0 Å².